The first-order valence-corrected chi connectivity index (χ1v) is 5.33. The van der Waals surface area contributed by atoms with E-state index in [1.165, 1.54) is 13.8 Å². The smallest absolute Gasteiger partial charge is 0.170 e. The lowest BCUT2D eigenvalue weighted by Gasteiger charge is -2.28. The van der Waals surface area contributed by atoms with Gasteiger partial charge in [0.15, 0.2) is 0 Å². The Labute approximate surface area is 94.5 Å². The van der Waals surface area contributed by atoms with E-state index in [-0.39, 0.29) is 5.92 Å². The molecular weight excluding hydrogens is 213 g/mol. The van der Waals surface area contributed by atoms with E-state index in [2.05, 4.69) is 0 Å². The van der Waals surface area contributed by atoms with Gasteiger partial charge in [0.2, 0.25) is 0 Å². The van der Waals surface area contributed by atoms with Crippen molar-refractivity contribution in [2.24, 2.45) is 0 Å². The first-order valence-electron chi connectivity index (χ1n) is 5.33. The van der Waals surface area contributed by atoms with Gasteiger partial charge in [-0.15, -0.1) is 0 Å². The molecule has 16 heavy (non-hydrogen) atoms. The van der Waals surface area contributed by atoms with Crippen LogP contribution in [0.2, 0.25) is 0 Å². The minimum absolute atomic E-state index is 0.240. The van der Waals surface area contributed by atoms with Gasteiger partial charge < -0.3 is 0 Å². The summed E-state index contributed by atoms with van der Waals surface area (Å²) in [7, 11) is 0. The van der Waals surface area contributed by atoms with Crippen molar-refractivity contribution in [1.82, 2.24) is 0 Å². The molecule has 0 saturated carbocycles. The molecule has 0 radical (unpaired) electrons. The van der Waals surface area contributed by atoms with E-state index in [1.807, 2.05) is 19.9 Å². The molecule has 0 saturated heterocycles. The van der Waals surface area contributed by atoms with Crippen molar-refractivity contribution < 1.29 is 13.2 Å². The van der Waals surface area contributed by atoms with Gasteiger partial charge in [-0.3, -0.25) is 0 Å². The molecule has 0 nitrogen and oxygen atoms in total. The number of halogens is 3. The second-order valence-electron chi connectivity index (χ2n) is 4.90. The van der Waals surface area contributed by atoms with E-state index in [0.717, 1.165) is 5.56 Å². The first kappa shape index (κ1) is 13.1. The fourth-order valence-electron chi connectivity index (χ4n) is 1.45. The summed E-state index contributed by atoms with van der Waals surface area (Å²) < 4.78 is 38.6. The molecule has 0 atom stereocenters. The maximum atomic E-state index is 12.9. The van der Waals surface area contributed by atoms with Crippen LogP contribution in [0.4, 0.5) is 13.2 Å². The molecule has 0 bridgehead atoms. The Morgan fingerprint density at radius 3 is 2.06 bits per heavy atom. The van der Waals surface area contributed by atoms with E-state index in [0.29, 0.717) is 5.56 Å². The van der Waals surface area contributed by atoms with Gasteiger partial charge >= 0.3 is 6.18 Å². The van der Waals surface area contributed by atoms with Crippen LogP contribution in [-0.4, -0.2) is 6.18 Å². The topological polar surface area (TPSA) is 0 Å². The SMILES string of the molecule is CC(C)c1cccc(C(C)(C)C(F)(F)F)c1. The predicted molar refractivity (Wildman–Crippen MR) is 59.6 cm³/mol. The summed E-state index contributed by atoms with van der Waals surface area (Å²) in [6.45, 7) is 6.37. The van der Waals surface area contributed by atoms with Gasteiger partial charge in [-0.1, -0.05) is 38.1 Å². The monoisotopic (exact) mass is 230 g/mol. The van der Waals surface area contributed by atoms with Crippen molar-refractivity contribution in [3.63, 3.8) is 0 Å². The highest BCUT2D eigenvalue weighted by Gasteiger charge is 2.48. The number of benzene rings is 1. The lowest BCUT2D eigenvalue weighted by Crippen LogP contribution is -2.36. The largest absolute Gasteiger partial charge is 0.397 e. The van der Waals surface area contributed by atoms with Gasteiger partial charge in [-0.25, -0.2) is 0 Å². The molecule has 0 aromatic heterocycles. The van der Waals surface area contributed by atoms with Gasteiger partial charge in [0.1, 0.15) is 0 Å². The summed E-state index contributed by atoms with van der Waals surface area (Å²) in [6.07, 6.45) is -4.22. The van der Waals surface area contributed by atoms with Crippen molar-refractivity contribution in [1.29, 1.82) is 0 Å². The number of hydrogen-bond acceptors (Lipinski definition) is 0. The fraction of sp³-hybridized carbons (Fsp3) is 0.538. The highest BCUT2D eigenvalue weighted by Crippen LogP contribution is 2.40. The van der Waals surface area contributed by atoms with Crippen LogP contribution in [0.1, 0.15) is 44.7 Å². The molecule has 0 aliphatic rings. The third-order valence-electron chi connectivity index (χ3n) is 2.98. The summed E-state index contributed by atoms with van der Waals surface area (Å²) in [6, 6.07) is 6.75. The summed E-state index contributed by atoms with van der Waals surface area (Å²) >= 11 is 0. The van der Waals surface area contributed by atoms with Crippen LogP contribution in [0.15, 0.2) is 24.3 Å². The van der Waals surface area contributed by atoms with Crippen molar-refractivity contribution in [3.05, 3.63) is 35.4 Å². The number of hydrogen-bond donors (Lipinski definition) is 0. The zero-order valence-electron chi connectivity index (χ0n) is 10.0. The van der Waals surface area contributed by atoms with Crippen molar-refractivity contribution in [2.45, 2.75) is 45.2 Å². The third kappa shape index (κ3) is 2.39. The summed E-state index contributed by atoms with van der Waals surface area (Å²) in [4.78, 5) is 0. The molecule has 1 aromatic carbocycles. The van der Waals surface area contributed by atoms with Crippen LogP contribution in [0.5, 0.6) is 0 Å². The van der Waals surface area contributed by atoms with Crippen LogP contribution in [0.3, 0.4) is 0 Å². The Balaban J connectivity index is 3.19. The molecule has 90 valence electrons. The van der Waals surface area contributed by atoms with E-state index in [4.69, 9.17) is 0 Å². The Morgan fingerprint density at radius 1 is 1.06 bits per heavy atom. The third-order valence-corrected chi connectivity index (χ3v) is 2.98. The van der Waals surface area contributed by atoms with Crippen molar-refractivity contribution in [3.8, 4) is 0 Å². The summed E-state index contributed by atoms with van der Waals surface area (Å²) in [5.74, 6) is 0.240. The zero-order valence-corrected chi connectivity index (χ0v) is 10.0. The van der Waals surface area contributed by atoms with E-state index >= 15 is 0 Å². The lowest BCUT2D eigenvalue weighted by atomic mass is 9.82. The van der Waals surface area contributed by atoms with Crippen molar-refractivity contribution in [2.75, 3.05) is 0 Å². The molecule has 0 amide bonds. The Morgan fingerprint density at radius 2 is 1.62 bits per heavy atom. The Hall–Kier alpha value is -0.990. The molecule has 1 rings (SSSR count). The molecule has 0 spiro atoms. The molecular formula is C13H17F3. The van der Waals surface area contributed by atoms with Gasteiger partial charge in [0.25, 0.3) is 0 Å². The Bertz CT molecular complexity index is 362. The van der Waals surface area contributed by atoms with E-state index in [9.17, 15) is 13.2 Å². The van der Waals surface area contributed by atoms with Crippen LogP contribution in [-0.2, 0) is 5.41 Å². The van der Waals surface area contributed by atoms with Gasteiger partial charge in [-0.05, 0) is 30.9 Å². The van der Waals surface area contributed by atoms with Gasteiger partial charge in [0.05, 0.1) is 5.41 Å². The van der Waals surface area contributed by atoms with Crippen LogP contribution < -0.4 is 0 Å². The number of alkyl halides is 3. The zero-order chi connectivity index (χ0) is 12.6. The molecule has 0 aliphatic carbocycles. The standard InChI is InChI=1S/C13H17F3/c1-9(2)10-6-5-7-11(8-10)12(3,4)13(14,15)16/h5-9H,1-4H3. The first-order chi connectivity index (χ1) is 7.16. The average Bonchev–Trinajstić information content (AvgIpc) is 2.16. The van der Waals surface area contributed by atoms with Crippen LogP contribution in [0.25, 0.3) is 0 Å². The highest BCUT2D eigenvalue weighted by atomic mass is 19.4. The van der Waals surface area contributed by atoms with E-state index in [1.54, 1.807) is 18.2 Å². The average molecular weight is 230 g/mol. The fourth-order valence-corrected chi connectivity index (χ4v) is 1.45. The second kappa shape index (κ2) is 4.11. The summed E-state index contributed by atoms with van der Waals surface area (Å²) in [5, 5.41) is 0. The molecule has 0 heterocycles. The van der Waals surface area contributed by atoms with E-state index < -0.39 is 11.6 Å². The van der Waals surface area contributed by atoms with Crippen molar-refractivity contribution >= 4 is 0 Å². The highest BCUT2D eigenvalue weighted by molar-refractivity contribution is 5.32. The molecule has 0 fully saturated rings. The molecule has 3 heteroatoms. The molecule has 0 aliphatic heterocycles. The van der Waals surface area contributed by atoms with Crippen LogP contribution >= 0.6 is 0 Å². The maximum absolute atomic E-state index is 12.9. The lowest BCUT2D eigenvalue weighted by molar-refractivity contribution is -0.180. The normalized spacial score (nSPS) is 13.2. The minimum Gasteiger partial charge on any atom is -0.170 e. The van der Waals surface area contributed by atoms with Gasteiger partial charge in [-0.2, -0.15) is 13.2 Å². The maximum Gasteiger partial charge on any atom is 0.397 e. The minimum atomic E-state index is -4.22. The van der Waals surface area contributed by atoms with Crippen LogP contribution in [0, 0.1) is 0 Å². The molecule has 0 unspecified atom stereocenters. The predicted octanol–water partition coefficient (Wildman–Crippen LogP) is 4.65. The Kier molecular flexibility index (Phi) is 3.36. The van der Waals surface area contributed by atoms with Gasteiger partial charge in [0, 0.05) is 0 Å². The number of rotatable bonds is 2. The molecule has 1 aromatic rings. The molecule has 0 N–H and O–H groups in total. The summed E-state index contributed by atoms with van der Waals surface area (Å²) in [5.41, 5.74) is -0.529. The quantitative estimate of drug-likeness (QED) is 0.693. The second-order valence-corrected chi connectivity index (χ2v) is 4.90.